The number of hydrogen-bond acceptors (Lipinski definition) is 4. The second kappa shape index (κ2) is 6.09. The molecule has 21 heavy (non-hydrogen) atoms. The number of rotatable bonds is 5. The normalized spacial score (nSPS) is 25.4. The SMILES string of the molecule is C#CCC(C)(C1=N[C@@H](C(C)C)CO1)C1=N[C@@H](C(C)C)CO1. The van der Waals surface area contributed by atoms with Crippen molar-refractivity contribution in [3.63, 3.8) is 0 Å². The Hall–Kier alpha value is -1.50. The molecule has 2 aliphatic heterocycles. The zero-order chi connectivity index (χ0) is 15.6. The van der Waals surface area contributed by atoms with Crippen LogP contribution in [0.2, 0.25) is 0 Å². The van der Waals surface area contributed by atoms with E-state index in [2.05, 4.69) is 33.6 Å². The number of terminal acetylenes is 1. The predicted molar refractivity (Wildman–Crippen MR) is 85.6 cm³/mol. The number of nitrogens with zero attached hydrogens (tertiary/aromatic N) is 2. The quantitative estimate of drug-likeness (QED) is 0.731. The molecule has 2 atom stereocenters. The van der Waals surface area contributed by atoms with Crippen LogP contribution in [0.4, 0.5) is 0 Å². The van der Waals surface area contributed by atoms with Gasteiger partial charge < -0.3 is 9.47 Å². The van der Waals surface area contributed by atoms with Crippen molar-refractivity contribution in [2.75, 3.05) is 13.2 Å². The van der Waals surface area contributed by atoms with Crippen molar-refractivity contribution in [1.29, 1.82) is 0 Å². The van der Waals surface area contributed by atoms with Crippen LogP contribution in [-0.4, -0.2) is 37.1 Å². The van der Waals surface area contributed by atoms with E-state index in [0.717, 1.165) is 0 Å². The van der Waals surface area contributed by atoms with Crippen molar-refractivity contribution in [3.8, 4) is 12.3 Å². The first-order chi connectivity index (χ1) is 9.88. The van der Waals surface area contributed by atoms with E-state index >= 15 is 0 Å². The van der Waals surface area contributed by atoms with Crippen LogP contribution in [0.1, 0.15) is 41.0 Å². The van der Waals surface area contributed by atoms with Crippen LogP contribution in [0.15, 0.2) is 9.98 Å². The first-order valence-electron chi connectivity index (χ1n) is 7.74. The summed E-state index contributed by atoms with van der Waals surface area (Å²) in [5.74, 6) is 5.00. The van der Waals surface area contributed by atoms with Gasteiger partial charge in [-0.3, -0.25) is 0 Å². The van der Waals surface area contributed by atoms with Gasteiger partial charge in [-0.25, -0.2) is 9.98 Å². The Balaban J connectivity index is 2.28. The number of hydrogen-bond donors (Lipinski definition) is 0. The van der Waals surface area contributed by atoms with Gasteiger partial charge in [-0.15, -0.1) is 12.3 Å². The second-order valence-electron chi connectivity index (χ2n) is 6.83. The van der Waals surface area contributed by atoms with Crippen LogP contribution in [0.25, 0.3) is 0 Å². The lowest BCUT2D eigenvalue weighted by Crippen LogP contribution is -2.37. The van der Waals surface area contributed by atoms with Gasteiger partial charge in [0.25, 0.3) is 0 Å². The molecule has 0 spiro atoms. The monoisotopic (exact) mass is 290 g/mol. The maximum atomic E-state index is 5.85. The van der Waals surface area contributed by atoms with Crippen LogP contribution >= 0.6 is 0 Å². The highest BCUT2D eigenvalue weighted by molar-refractivity contribution is 6.06. The van der Waals surface area contributed by atoms with Crippen molar-refractivity contribution in [2.24, 2.45) is 27.2 Å². The van der Waals surface area contributed by atoms with E-state index in [1.807, 2.05) is 6.92 Å². The summed E-state index contributed by atoms with van der Waals surface area (Å²) in [5, 5.41) is 0. The molecule has 0 amide bonds. The Bertz CT molecular complexity index is 452. The molecule has 0 aromatic heterocycles. The van der Waals surface area contributed by atoms with Crippen molar-refractivity contribution < 1.29 is 9.47 Å². The smallest absolute Gasteiger partial charge is 0.200 e. The number of ether oxygens (including phenoxy) is 2. The first kappa shape index (κ1) is 15.9. The molecular formula is C17H26N2O2. The lowest BCUT2D eigenvalue weighted by molar-refractivity contribution is 0.245. The van der Waals surface area contributed by atoms with Gasteiger partial charge in [0, 0.05) is 6.42 Å². The average molecular weight is 290 g/mol. The molecule has 0 unspecified atom stereocenters. The Morgan fingerprint density at radius 3 is 1.81 bits per heavy atom. The van der Waals surface area contributed by atoms with Gasteiger partial charge in [-0.1, -0.05) is 27.7 Å². The van der Waals surface area contributed by atoms with Gasteiger partial charge in [-0.05, 0) is 18.8 Å². The molecule has 0 N–H and O–H groups in total. The molecule has 0 aromatic carbocycles. The molecule has 0 bridgehead atoms. The molecule has 2 aliphatic rings. The molecule has 0 saturated heterocycles. The minimum absolute atomic E-state index is 0.194. The highest BCUT2D eigenvalue weighted by Crippen LogP contribution is 2.34. The Morgan fingerprint density at radius 1 is 1.10 bits per heavy atom. The average Bonchev–Trinajstić information content (AvgIpc) is 3.09. The van der Waals surface area contributed by atoms with Crippen LogP contribution in [0, 0.1) is 29.6 Å². The standard InChI is InChI=1S/C17H26N2O2/c1-7-8-17(6,15-18-13(9-20-15)11(2)3)16-19-14(10-21-16)12(4)5/h1,11-14H,8-10H2,2-6H3/t13-,14-/m1/s1. The second-order valence-corrected chi connectivity index (χ2v) is 6.83. The predicted octanol–water partition coefficient (Wildman–Crippen LogP) is 2.92. The lowest BCUT2D eigenvalue weighted by atomic mass is 9.86. The Morgan fingerprint density at radius 2 is 1.52 bits per heavy atom. The molecule has 2 rings (SSSR count). The molecule has 4 heteroatoms. The van der Waals surface area contributed by atoms with Crippen molar-refractivity contribution in [3.05, 3.63) is 0 Å². The zero-order valence-electron chi connectivity index (χ0n) is 13.7. The fourth-order valence-electron chi connectivity index (χ4n) is 2.51. The maximum absolute atomic E-state index is 5.85. The van der Waals surface area contributed by atoms with E-state index in [9.17, 15) is 0 Å². The summed E-state index contributed by atoms with van der Waals surface area (Å²) in [5.41, 5.74) is -0.540. The van der Waals surface area contributed by atoms with E-state index in [4.69, 9.17) is 25.9 Å². The van der Waals surface area contributed by atoms with E-state index in [-0.39, 0.29) is 12.1 Å². The molecule has 0 fully saturated rings. The molecule has 2 heterocycles. The Kier molecular flexibility index (Phi) is 4.61. The molecule has 0 aliphatic carbocycles. The third-order valence-electron chi connectivity index (χ3n) is 4.29. The highest BCUT2D eigenvalue weighted by Gasteiger charge is 2.45. The summed E-state index contributed by atoms with van der Waals surface area (Å²) in [7, 11) is 0. The summed E-state index contributed by atoms with van der Waals surface area (Å²) >= 11 is 0. The van der Waals surface area contributed by atoms with Crippen LogP contribution in [-0.2, 0) is 9.47 Å². The third-order valence-corrected chi connectivity index (χ3v) is 4.29. The van der Waals surface area contributed by atoms with Crippen LogP contribution < -0.4 is 0 Å². The largest absolute Gasteiger partial charge is 0.478 e. The Labute approximate surface area is 128 Å². The van der Waals surface area contributed by atoms with Gasteiger partial charge in [-0.2, -0.15) is 0 Å². The number of aliphatic imine (C=N–C) groups is 2. The van der Waals surface area contributed by atoms with E-state index in [1.165, 1.54) is 0 Å². The summed E-state index contributed by atoms with van der Waals surface area (Å²) in [6, 6.07) is 0.389. The van der Waals surface area contributed by atoms with Crippen molar-refractivity contribution in [2.45, 2.75) is 53.1 Å². The van der Waals surface area contributed by atoms with Gasteiger partial charge in [0.1, 0.15) is 18.6 Å². The maximum Gasteiger partial charge on any atom is 0.200 e. The van der Waals surface area contributed by atoms with Gasteiger partial charge >= 0.3 is 0 Å². The summed E-state index contributed by atoms with van der Waals surface area (Å²) < 4.78 is 11.7. The lowest BCUT2D eigenvalue weighted by Gasteiger charge is -2.25. The topological polar surface area (TPSA) is 43.2 Å². The molecule has 0 aromatic rings. The van der Waals surface area contributed by atoms with Crippen LogP contribution in [0.3, 0.4) is 0 Å². The van der Waals surface area contributed by atoms with E-state index in [0.29, 0.717) is 43.3 Å². The first-order valence-corrected chi connectivity index (χ1v) is 7.74. The van der Waals surface area contributed by atoms with Crippen LogP contribution in [0.5, 0.6) is 0 Å². The highest BCUT2D eigenvalue weighted by atomic mass is 16.5. The fraction of sp³-hybridized carbons (Fsp3) is 0.765. The zero-order valence-corrected chi connectivity index (χ0v) is 13.7. The van der Waals surface area contributed by atoms with Crippen molar-refractivity contribution in [1.82, 2.24) is 0 Å². The fourth-order valence-corrected chi connectivity index (χ4v) is 2.51. The molecule has 116 valence electrons. The molecule has 0 radical (unpaired) electrons. The van der Waals surface area contributed by atoms with Gasteiger partial charge in [0.05, 0.1) is 12.1 Å². The minimum atomic E-state index is -0.540. The van der Waals surface area contributed by atoms with E-state index in [1.54, 1.807) is 0 Å². The van der Waals surface area contributed by atoms with Gasteiger partial charge in [0.2, 0.25) is 0 Å². The molecular weight excluding hydrogens is 264 g/mol. The van der Waals surface area contributed by atoms with Gasteiger partial charge in [0.15, 0.2) is 11.8 Å². The summed E-state index contributed by atoms with van der Waals surface area (Å²) in [6.07, 6.45) is 6.05. The minimum Gasteiger partial charge on any atom is -0.478 e. The van der Waals surface area contributed by atoms with E-state index < -0.39 is 5.41 Å². The summed E-state index contributed by atoms with van der Waals surface area (Å²) in [6.45, 7) is 11.9. The summed E-state index contributed by atoms with van der Waals surface area (Å²) in [4.78, 5) is 9.46. The van der Waals surface area contributed by atoms with Crippen molar-refractivity contribution >= 4 is 11.8 Å². The third kappa shape index (κ3) is 3.07. The molecule has 0 saturated carbocycles. The molecule has 4 nitrogen and oxygen atoms in total.